The molecule has 3 nitrogen and oxygen atoms in total. The van der Waals surface area contributed by atoms with Crippen LogP contribution in [0.2, 0.25) is 0 Å². The van der Waals surface area contributed by atoms with E-state index < -0.39 is 0 Å². The van der Waals surface area contributed by atoms with Crippen LogP contribution in [0.3, 0.4) is 0 Å². The topological polar surface area (TPSA) is 35.5 Å². The van der Waals surface area contributed by atoms with Crippen LogP contribution in [-0.4, -0.2) is 31.5 Å². The zero-order valence-electron chi connectivity index (χ0n) is 10.3. The molecule has 0 N–H and O–H groups in total. The second-order valence-electron chi connectivity index (χ2n) is 3.42. The fraction of sp³-hybridized carbons (Fsp3) is 0.462. The lowest BCUT2D eigenvalue weighted by Crippen LogP contribution is -2.01. The molecule has 1 rings (SSSR count). The third-order valence-electron chi connectivity index (χ3n) is 2.24. The standard InChI is InChI=1S/C13H18O3S/c1-3-17-8-4-7-16-13-6-5-12(15-2)9-11(13)10-14/h5-6,9-10H,3-4,7-8H2,1-2H3. The first-order chi connectivity index (χ1) is 8.31. The van der Waals surface area contributed by atoms with Gasteiger partial charge >= 0.3 is 0 Å². The SMILES string of the molecule is CCSCCCOc1ccc(OC)cc1C=O. The van der Waals surface area contributed by atoms with Crippen LogP contribution in [-0.2, 0) is 0 Å². The van der Waals surface area contributed by atoms with E-state index in [0.717, 1.165) is 24.2 Å². The van der Waals surface area contributed by atoms with Gasteiger partial charge in [0.05, 0.1) is 19.3 Å². The van der Waals surface area contributed by atoms with E-state index in [4.69, 9.17) is 9.47 Å². The third-order valence-corrected chi connectivity index (χ3v) is 3.22. The Kier molecular flexibility index (Phi) is 6.55. The highest BCUT2D eigenvalue weighted by Gasteiger charge is 2.04. The fourth-order valence-electron chi connectivity index (χ4n) is 1.36. The van der Waals surface area contributed by atoms with Crippen LogP contribution in [0.15, 0.2) is 18.2 Å². The lowest BCUT2D eigenvalue weighted by atomic mass is 10.2. The number of carbonyl (C=O) groups is 1. The summed E-state index contributed by atoms with van der Waals surface area (Å²) in [5.41, 5.74) is 0.535. The number of hydrogen-bond acceptors (Lipinski definition) is 4. The molecule has 0 amide bonds. The van der Waals surface area contributed by atoms with Crippen LogP contribution in [0.4, 0.5) is 0 Å². The largest absolute Gasteiger partial charge is 0.497 e. The molecule has 0 heterocycles. The zero-order chi connectivity index (χ0) is 12.5. The molecule has 4 heteroatoms. The van der Waals surface area contributed by atoms with Gasteiger partial charge in [-0.1, -0.05) is 6.92 Å². The number of ether oxygens (including phenoxy) is 2. The van der Waals surface area contributed by atoms with E-state index in [1.165, 1.54) is 0 Å². The minimum atomic E-state index is 0.535. The Morgan fingerprint density at radius 3 is 2.88 bits per heavy atom. The Morgan fingerprint density at radius 2 is 2.24 bits per heavy atom. The molecule has 1 aromatic rings. The van der Waals surface area contributed by atoms with E-state index in [1.807, 2.05) is 11.8 Å². The predicted molar refractivity (Wildman–Crippen MR) is 71.5 cm³/mol. The zero-order valence-corrected chi connectivity index (χ0v) is 11.1. The van der Waals surface area contributed by atoms with Gasteiger partial charge in [-0.25, -0.2) is 0 Å². The van der Waals surface area contributed by atoms with Crippen molar-refractivity contribution in [1.29, 1.82) is 0 Å². The van der Waals surface area contributed by atoms with Crippen molar-refractivity contribution in [1.82, 2.24) is 0 Å². The quantitative estimate of drug-likeness (QED) is 0.527. The average Bonchev–Trinajstić information content (AvgIpc) is 2.38. The maximum absolute atomic E-state index is 10.9. The maximum atomic E-state index is 10.9. The molecule has 0 bridgehead atoms. The van der Waals surface area contributed by atoms with Crippen molar-refractivity contribution >= 4 is 18.0 Å². The first-order valence-electron chi connectivity index (χ1n) is 5.65. The maximum Gasteiger partial charge on any atom is 0.153 e. The second-order valence-corrected chi connectivity index (χ2v) is 4.81. The molecular weight excluding hydrogens is 236 g/mol. The van der Waals surface area contributed by atoms with Crippen LogP contribution < -0.4 is 9.47 Å². The molecule has 0 aliphatic rings. The first-order valence-corrected chi connectivity index (χ1v) is 6.81. The number of rotatable bonds is 8. The van der Waals surface area contributed by atoms with Gasteiger partial charge in [-0.2, -0.15) is 11.8 Å². The number of carbonyl (C=O) groups excluding carboxylic acids is 1. The highest BCUT2D eigenvalue weighted by Crippen LogP contribution is 2.22. The predicted octanol–water partition coefficient (Wildman–Crippen LogP) is 3.03. The van der Waals surface area contributed by atoms with Crippen LogP contribution in [0.25, 0.3) is 0 Å². The van der Waals surface area contributed by atoms with Gasteiger partial charge in [-0.05, 0) is 36.1 Å². The lowest BCUT2D eigenvalue weighted by molar-refractivity contribution is 0.111. The van der Waals surface area contributed by atoms with Crippen molar-refractivity contribution in [2.45, 2.75) is 13.3 Å². The van der Waals surface area contributed by atoms with Gasteiger partial charge < -0.3 is 9.47 Å². The van der Waals surface area contributed by atoms with Gasteiger partial charge in [0.15, 0.2) is 6.29 Å². The first kappa shape index (κ1) is 13.9. The Balaban J connectivity index is 2.49. The Labute approximate surface area is 106 Å². The van der Waals surface area contributed by atoms with E-state index in [2.05, 4.69) is 6.92 Å². The third kappa shape index (κ3) is 4.69. The van der Waals surface area contributed by atoms with Gasteiger partial charge in [-0.15, -0.1) is 0 Å². The summed E-state index contributed by atoms with van der Waals surface area (Å²) < 4.78 is 10.6. The molecule has 0 aliphatic heterocycles. The summed E-state index contributed by atoms with van der Waals surface area (Å²) in [6, 6.07) is 5.25. The summed E-state index contributed by atoms with van der Waals surface area (Å²) in [5.74, 6) is 3.51. The van der Waals surface area contributed by atoms with Gasteiger partial charge in [0.2, 0.25) is 0 Å². The molecule has 0 atom stereocenters. The van der Waals surface area contributed by atoms with Gasteiger partial charge in [0.25, 0.3) is 0 Å². The van der Waals surface area contributed by atoms with E-state index in [9.17, 15) is 4.79 Å². The molecule has 1 aromatic carbocycles. The van der Waals surface area contributed by atoms with Crippen molar-refractivity contribution in [3.63, 3.8) is 0 Å². The number of aldehydes is 1. The van der Waals surface area contributed by atoms with E-state index in [0.29, 0.717) is 23.7 Å². The molecular formula is C13H18O3S. The van der Waals surface area contributed by atoms with Crippen LogP contribution in [0, 0.1) is 0 Å². The average molecular weight is 254 g/mol. The Hall–Kier alpha value is -1.16. The second kappa shape index (κ2) is 8.01. The summed E-state index contributed by atoms with van der Waals surface area (Å²) in [4.78, 5) is 10.9. The molecule has 0 spiro atoms. The number of methoxy groups -OCH3 is 1. The lowest BCUT2D eigenvalue weighted by Gasteiger charge is -2.09. The Morgan fingerprint density at radius 1 is 1.41 bits per heavy atom. The molecule has 0 aromatic heterocycles. The van der Waals surface area contributed by atoms with Crippen LogP contribution in [0.1, 0.15) is 23.7 Å². The molecule has 94 valence electrons. The van der Waals surface area contributed by atoms with Crippen LogP contribution in [0.5, 0.6) is 11.5 Å². The van der Waals surface area contributed by atoms with Crippen molar-refractivity contribution in [2.24, 2.45) is 0 Å². The smallest absolute Gasteiger partial charge is 0.153 e. The highest BCUT2D eigenvalue weighted by atomic mass is 32.2. The van der Waals surface area contributed by atoms with Crippen molar-refractivity contribution in [3.05, 3.63) is 23.8 Å². The molecule has 0 radical (unpaired) electrons. The van der Waals surface area contributed by atoms with Gasteiger partial charge in [0.1, 0.15) is 11.5 Å². The highest BCUT2D eigenvalue weighted by molar-refractivity contribution is 7.99. The molecule has 0 fully saturated rings. The van der Waals surface area contributed by atoms with Crippen LogP contribution >= 0.6 is 11.8 Å². The van der Waals surface area contributed by atoms with E-state index >= 15 is 0 Å². The number of benzene rings is 1. The minimum Gasteiger partial charge on any atom is -0.497 e. The van der Waals surface area contributed by atoms with Crippen molar-refractivity contribution in [2.75, 3.05) is 25.2 Å². The number of hydrogen-bond donors (Lipinski definition) is 0. The minimum absolute atomic E-state index is 0.535. The summed E-state index contributed by atoms with van der Waals surface area (Å²) in [6.45, 7) is 2.78. The molecule has 0 aliphatic carbocycles. The summed E-state index contributed by atoms with van der Waals surface area (Å²) in [6.07, 6.45) is 1.78. The normalized spacial score (nSPS) is 10.0. The summed E-state index contributed by atoms with van der Waals surface area (Å²) in [7, 11) is 1.58. The van der Waals surface area contributed by atoms with Gasteiger partial charge in [-0.3, -0.25) is 4.79 Å². The van der Waals surface area contributed by atoms with E-state index in [1.54, 1.807) is 25.3 Å². The number of thioether (sulfide) groups is 1. The summed E-state index contributed by atoms with van der Waals surface area (Å²) >= 11 is 1.89. The molecule has 0 saturated heterocycles. The fourth-order valence-corrected chi connectivity index (χ4v) is 1.98. The monoisotopic (exact) mass is 254 g/mol. The Bertz CT molecular complexity index is 353. The van der Waals surface area contributed by atoms with Crippen molar-refractivity contribution in [3.8, 4) is 11.5 Å². The summed E-state index contributed by atoms with van der Waals surface area (Å²) in [5, 5.41) is 0. The van der Waals surface area contributed by atoms with E-state index in [-0.39, 0.29) is 0 Å². The van der Waals surface area contributed by atoms with Gasteiger partial charge in [0, 0.05) is 0 Å². The van der Waals surface area contributed by atoms with Crippen molar-refractivity contribution < 1.29 is 14.3 Å². The molecule has 17 heavy (non-hydrogen) atoms. The molecule has 0 unspecified atom stereocenters. The molecule has 0 saturated carbocycles.